The summed E-state index contributed by atoms with van der Waals surface area (Å²) in [5.41, 5.74) is 1.17. The lowest BCUT2D eigenvalue weighted by atomic mass is 9.77. The first kappa shape index (κ1) is 19.5. The third-order valence-electron chi connectivity index (χ3n) is 6.66. The van der Waals surface area contributed by atoms with Gasteiger partial charge in [-0.25, -0.2) is 0 Å². The molecule has 1 saturated carbocycles. The molecule has 4 rings (SSSR count). The van der Waals surface area contributed by atoms with Crippen LogP contribution in [-0.2, 0) is 16.1 Å². The van der Waals surface area contributed by atoms with E-state index in [2.05, 4.69) is 30.9 Å². The normalized spacial score (nSPS) is 27.2. The maximum Gasteiger partial charge on any atom is 0.236 e. The summed E-state index contributed by atoms with van der Waals surface area (Å²) in [4.78, 5) is 17.4. The Bertz CT molecular complexity index is 689. The zero-order chi connectivity index (χ0) is 19.5. The number of nitrogens with zero attached hydrogens (tertiary/aromatic N) is 2. The predicted molar refractivity (Wildman–Crippen MR) is 106 cm³/mol. The number of hydrogen-bond donors (Lipinski definition) is 0. The number of benzene rings is 1. The van der Waals surface area contributed by atoms with Crippen LogP contribution in [0, 0.1) is 11.8 Å². The van der Waals surface area contributed by atoms with Crippen LogP contribution in [0.15, 0.2) is 18.2 Å². The van der Waals surface area contributed by atoms with Crippen LogP contribution in [0.5, 0.6) is 11.5 Å². The van der Waals surface area contributed by atoms with Gasteiger partial charge in [-0.2, -0.15) is 0 Å². The minimum Gasteiger partial charge on any atom is -0.454 e. The van der Waals surface area contributed by atoms with Gasteiger partial charge in [-0.15, -0.1) is 0 Å². The molecule has 0 spiro atoms. The molecule has 6 nitrogen and oxygen atoms in total. The second kappa shape index (κ2) is 8.70. The Morgan fingerprint density at radius 2 is 1.93 bits per heavy atom. The molecule has 1 amide bonds. The summed E-state index contributed by atoms with van der Waals surface area (Å²) in [6, 6.07) is 6.56. The van der Waals surface area contributed by atoms with E-state index in [1.165, 1.54) is 18.4 Å². The second-order valence-electron chi connectivity index (χ2n) is 8.42. The van der Waals surface area contributed by atoms with E-state index in [1.807, 2.05) is 11.0 Å². The van der Waals surface area contributed by atoms with Gasteiger partial charge in [0.15, 0.2) is 11.5 Å². The van der Waals surface area contributed by atoms with Crippen molar-refractivity contribution in [3.8, 4) is 11.5 Å². The van der Waals surface area contributed by atoms with E-state index in [1.54, 1.807) is 0 Å². The van der Waals surface area contributed by atoms with Crippen molar-refractivity contribution in [2.24, 2.45) is 11.8 Å². The van der Waals surface area contributed by atoms with Crippen molar-refractivity contribution in [2.45, 2.75) is 45.7 Å². The minimum absolute atomic E-state index is 0.217. The van der Waals surface area contributed by atoms with Gasteiger partial charge in [0.1, 0.15) is 0 Å². The maximum atomic E-state index is 13.0. The number of carbonyl (C=O) groups excluding carboxylic acids is 1. The lowest BCUT2D eigenvalue weighted by Crippen LogP contribution is -2.50. The molecule has 1 saturated heterocycles. The Morgan fingerprint density at radius 3 is 2.75 bits per heavy atom. The summed E-state index contributed by atoms with van der Waals surface area (Å²) in [5, 5.41) is 0. The molecule has 3 unspecified atom stereocenters. The second-order valence-corrected chi connectivity index (χ2v) is 8.42. The molecule has 2 fully saturated rings. The highest BCUT2D eigenvalue weighted by Gasteiger charge is 2.33. The monoisotopic (exact) mass is 388 g/mol. The first-order chi connectivity index (χ1) is 13.6. The number of morpholine rings is 1. The third kappa shape index (κ3) is 4.28. The van der Waals surface area contributed by atoms with E-state index >= 15 is 0 Å². The molecule has 1 aliphatic carbocycles. The van der Waals surface area contributed by atoms with Crippen LogP contribution in [-0.4, -0.2) is 61.4 Å². The number of carbonyl (C=O) groups is 1. The molecule has 6 heteroatoms. The summed E-state index contributed by atoms with van der Waals surface area (Å²) < 4.78 is 16.4. The molecule has 0 N–H and O–H groups in total. The lowest BCUT2D eigenvalue weighted by molar-refractivity contribution is -0.138. The van der Waals surface area contributed by atoms with E-state index in [9.17, 15) is 4.79 Å². The van der Waals surface area contributed by atoms with Gasteiger partial charge in [-0.05, 0) is 36.0 Å². The van der Waals surface area contributed by atoms with Crippen LogP contribution in [0.2, 0.25) is 0 Å². The summed E-state index contributed by atoms with van der Waals surface area (Å²) >= 11 is 0. The fourth-order valence-corrected chi connectivity index (χ4v) is 4.72. The average Bonchev–Trinajstić information content (AvgIpc) is 3.18. The van der Waals surface area contributed by atoms with Crippen LogP contribution in [0.3, 0.4) is 0 Å². The van der Waals surface area contributed by atoms with Crippen molar-refractivity contribution in [3.05, 3.63) is 23.8 Å². The van der Waals surface area contributed by atoms with E-state index in [0.717, 1.165) is 24.5 Å². The SMILES string of the molecule is CC1CCCC(N(CC(=O)N2CCOCC2)Cc2ccc3c(c2)OCO3)C1C. The standard InChI is InChI=1S/C22H32N2O4/c1-16-4-3-5-19(17(16)2)24(14-22(25)23-8-10-26-11-9-23)13-18-6-7-20-21(12-18)28-15-27-20/h6-7,12,16-17,19H,3-5,8-11,13-15H2,1-2H3. The molecule has 0 aromatic heterocycles. The molecule has 1 aromatic carbocycles. The molecular weight excluding hydrogens is 356 g/mol. The van der Waals surface area contributed by atoms with Crippen LogP contribution in [0.4, 0.5) is 0 Å². The van der Waals surface area contributed by atoms with Gasteiger partial charge >= 0.3 is 0 Å². The molecule has 3 atom stereocenters. The van der Waals surface area contributed by atoms with Crippen LogP contribution < -0.4 is 9.47 Å². The van der Waals surface area contributed by atoms with Crippen LogP contribution >= 0.6 is 0 Å². The Labute approximate surface area is 167 Å². The molecule has 3 aliphatic rings. The molecule has 2 aliphatic heterocycles. The summed E-state index contributed by atoms with van der Waals surface area (Å²) in [5.74, 6) is 3.10. The summed E-state index contributed by atoms with van der Waals surface area (Å²) in [6.45, 7) is 8.90. The zero-order valence-corrected chi connectivity index (χ0v) is 17.1. The molecule has 0 radical (unpaired) electrons. The van der Waals surface area contributed by atoms with Crippen LogP contribution in [0.25, 0.3) is 0 Å². The Morgan fingerprint density at radius 1 is 1.14 bits per heavy atom. The summed E-state index contributed by atoms with van der Waals surface area (Å²) in [6.07, 6.45) is 3.68. The zero-order valence-electron chi connectivity index (χ0n) is 17.1. The highest BCUT2D eigenvalue weighted by Crippen LogP contribution is 2.36. The Balaban J connectivity index is 1.51. The van der Waals surface area contributed by atoms with E-state index in [4.69, 9.17) is 14.2 Å². The van der Waals surface area contributed by atoms with Crippen molar-refractivity contribution in [3.63, 3.8) is 0 Å². The van der Waals surface area contributed by atoms with Crippen molar-refractivity contribution in [2.75, 3.05) is 39.6 Å². The van der Waals surface area contributed by atoms with E-state index in [-0.39, 0.29) is 12.7 Å². The molecule has 1 aromatic rings. The number of fused-ring (bicyclic) bond motifs is 1. The smallest absolute Gasteiger partial charge is 0.236 e. The predicted octanol–water partition coefficient (Wildman–Crippen LogP) is 2.90. The van der Waals surface area contributed by atoms with Crippen molar-refractivity contribution in [1.29, 1.82) is 0 Å². The van der Waals surface area contributed by atoms with Crippen molar-refractivity contribution < 1.29 is 19.0 Å². The van der Waals surface area contributed by atoms with E-state index < -0.39 is 0 Å². The van der Waals surface area contributed by atoms with E-state index in [0.29, 0.717) is 50.7 Å². The highest BCUT2D eigenvalue weighted by atomic mass is 16.7. The lowest BCUT2D eigenvalue weighted by Gasteiger charge is -2.42. The first-order valence-corrected chi connectivity index (χ1v) is 10.6. The minimum atomic E-state index is 0.217. The number of amides is 1. The summed E-state index contributed by atoms with van der Waals surface area (Å²) in [7, 11) is 0. The number of hydrogen-bond acceptors (Lipinski definition) is 5. The topological polar surface area (TPSA) is 51.2 Å². The average molecular weight is 389 g/mol. The molecule has 2 heterocycles. The molecule has 28 heavy (non-hydrogen) atoms. The largest absolute Gasteiger partial charge is 0.454 e. The first-order valence-electron chi connectivity index (χ1n) is 10.6. The van der Waals surface area contributed by atoms with Crippen molar-refractivity contribution in [1.82, 2.24) is 9.80 Å². The fourth-order valence-electron chi connectivity index (χ4n) is 4.72. The molecule has 154 valence electrons. The van der Waals surface area contributed by atoms with Crippen LogP contribution in [0.1, 0.15) is 38.7 Å². The Kier molecular flexibility index (Phi) is 6.07. The Hall–Kier alpha value is -1.79. The van der Waals surface area contributed by atoms with Gasteiger partial charge in [0.05, 0.1) is 19.8 Å². The highest BCUT2D eigenvalue weighted by molar-refractivity contribution is 5.78. The third-order valence-corrected chi connectivity index (χ3v) is 6.66. The quantitative estimate of drug-likeness (QED) is 0.776. The van der Waals surface area contributed by atoms with Gasteiger partial charge < -0.3 is 19.1 Å². The number of ether oxygens (including phenoxy) is 3. The van der Waals surface area contributed by atoms with Gasteiger partial charge in [-0.1, -0.05) is 32.8 Å². The van der Waals surface area contributed by atoms with Gasteiger partial charge in [0.2, 0.25) is 12.7 Å². The maximum absolute atomic E-state index is 13.0. The van der Waals surface area contributed by atoms with Gasteiger partial charge in [0, 0.05) is 25.7 Å². The van der Waals surface area contributed by atoms with Gasteiger partial charge in [0.25, 0.3) is 0 Å². The fraction of sp³-hybridized carbons (Fsp3) is 0.682. The van der Waals surface area contributed by atoms with Crippen molar-refractivity contribution >= 4 is 5.91 Å². The number of rotatable bonds is 5. The molecule has 0 bridgehead atoms. The molecular formula is C22H32N2O4. The van der Waals surface area contributed by atoms with Gasteiger partial charge in [-0.3, -0.25) is 9.69 Å².